The van der Waals surface area contributed by atoms with Crippen LogP contribution in [0.3, 0.4) is 0 Å². The van der Waals surface area contributed by atoms with Gasteiger partial charge in [-0.1, -0.05) is 13.2 Å². The number of aliphatic hydroxyl groups is 1. The van der Waals surface area contributed by atoms with E-state index in [9.17, 15) is 5.11 Å². The first kappa shape index (κ1) is 12.1. The molecule has 0 aliphatic carbocycles. The molecule has 0 spiro atoms. The molecule has 1 nitrogen and oxygen atoms in total. The average Bonchev–Trinajstić information content (AvgIpc) is 2.04. The van der Waals surface area contributed by atoms with Crippen molar-refractivity contribution < 1.29 is 5.11 Å². The lowest BCUT2D eigenvalue weighted by Crippen LogP contribution is -2.15. The summed E-state index contributed by atoms with van der Waals surface area (Å²) in [5, 5.41) is 9.62. The molecule has 0 aromatic carbocycles. The molecular formula is C9H16OS2. The molecule has 0 aromatic rings. The zero-order chi connectivity index (χ0) is 9.56. The molecule has 0 atom stereocenters. The van der Waals surface area contributed by atoms with Gasteiger partial charge in [0.1, 0.15) is 0 Å². The Labute approximate surface area is 83.3 Å². The lowest BCUT2D eigenvalue weighted by Gasteiger charge is -2.14. The smallest absolute Gasteiger partial charge is 0.0971 e. The Balaban J connectivity index is 3.91. The van der Waals surface area contributed by atoms with Gasteiger partial charge >= 0.3 is 0 Å². The summed E-state index contributed by atoms with van der Waals surface area (Å²) < 4.78 is 0. The monoisotopic (exact) mass is 204 g/mol. The minimum Gasteiger partial charge on any atom is -0.384 e. The van der Waals surface area contributed by atoms with Crippen LogP contribution in [0, 0.1) is 0 Å². The maximum absolute atomic E-state index is 9.62. The molecule has 0 rings (SSSR count). The molecule has 0 radical (unpaired) electrons. The predicted octanol–water partition coefficient (Wildman–Crippen LogP) is 2.19. The Bertz CT molecular complexity index is 148. The van der Waals surface area contributed by atoms with Gasteiger partial charge in [0.25, 0.3) is 0 Å². The fourth-order valence-electron chi connectivity index (χ4n) is 0.817. The summed E-state index contributed by atoms with van der Waals surface area (Å²) in [6.45, 7) is 7.61. The van der Waals surface area contributed by atoms with E-state index in [0.717, 1.165) is 22.7 Å². The Morgan fingerprint density at radius 1 is 1.17 bits per heavy atom. The van der Waals surface area contributed by atoms with Crippen LogP contribution in [0.1, 0.15) is 0 Å². The van der Waals surface area contributed by atoms with Gasteiger partial charge < -0.3 is 5.11 Å². The first-order chi connectivity index (χ1) is 5.63. The van der Waals surface area contributed by atoms with E-state index in [0.29, 0.717) is 0 Å². The van der Waals surface area contributed by atoms with E-state index < -0.39 is 6.10 Å². The Hall–Kier alpha value is 0.140. The van der Waals surface area contributed by atoms with Crippen LogP contribution in [0.15, 0.2) is 24.3 Å². The molecule has 0 saturated heterocycles. The first-order valence-electron chi connectivity index (χ1n) is 3.64. The summed E-state index contributed by atoms with van der Waals surface area (Å²) in [6.07, 6.45) is 3.47. The summed E-state index contributed by atoms with van der Waals surface area (Å²) >= 11 is 3.33. The molecule has 0 amide bonds. The number of thioether (sulfide) groups is 2. The normalized spacial score (nSPS) is 10.3. The molecule has 0 fully saturated rings. The molecule has 3 heteroatoms. The SMILES string of the molecule is C=C(CSC)C(O)C(=C)CSC. The molecule has 70 valence electrons. The van der Waals surface area contributed by atoms with Crippen molar-refractivity contribution >= 4 is 23.5 Å². The minimum absolute atomic E-state index is 0.523. The van der Waals surface area contributed by atoms with Crippen LogP contribution in [-0.2, 0) is 0 Å². The third-order valence-electron chi connectivity index (χ3n) is 1.43. The minimum atomic E-state index is -0.523. The highest BCUT2D eigenvalue weighted by atomic mass is 32.2. The Kier molecular flexibility index (Phi) is 6.71. The number of aliphatic hydroxyl groups excluding tert-OH is 1. The van der Waals surface area contributed by atoms with Crippen molar-refractivity contribution in [1.82, 2.24) is 0 Å². The summed E-state index contributed by atoms with van der Waals surface area (Å²) in [7, 11) is 0. The maximum atomic E-state index is 9.62. The van der Waals surface area contributed by atoms with E-state index in [1.165, 1.54) is 0 Å². The number of hydrogen-bond donors (Lipinski definition) is 1. The third-order valence-corrected chi connectivity index (χ3v) is 2.75. The highest BCUT2D eigenvalue weighted by Crippen LogP contribution is 2.15. The fraction of sp³-hybridized carbons (Fsp3) is 0.556. The largest absolute Gasteiger partial charge is 0.384 e. The van der Waals surface area contributed by atoms with E-state index in [-0.39, 0.29) is 0 Å². The predicted molar refractivity (Wildman–Crippen MR) is 61.1 cm³/mol. The molecule has 0 saturated carbocycles. The van der Waals surface area contributed by atoms with Crippen LogP contribution < -0.4 is 0 Å². The second-order valence-electron chi connectivity index (χ2n) is 2.59. The van der Waals surface area contributed by atoms with Gasteiger partial charge in [-0.25, -0.2) is 0 Å². The van der Waals surface area contributed by atoms with E-state index in [1.54, 1.807) is 23.5 Å². The summed E-state index contributed by atoms with van der Waals surface area (Å²) in [5.41, 5.74) is 1.70. The second-order valence-corrected chi connectivity index (χ2v) is 4.32. The van der Waals surface area contributed by atoms with E-state index >= 15 is 0 Å². The zero-order valence-electron chi connectivity index (χ0n) is 7.67. The summed E-state index contributed by atoms with van der Waals surface area (Å²) in [4.78, 5) is 0. The molecule has 0 aliphatic rings. The van der Waals surface area contributed by atoms with Crippen molar-refractivity contribution in [3.63, 3.8) is 0 Å². The topological polar surface area (TPSA) is 20.2 Å². The first-order valence-corrected chi connectivity index (χ1v) is 6.43. The van der Waals surface area contributed by atoms with Crippen LogP contribution in [0.4, 0.5) is 0 Å². The van der Waals surface area contributed by atoms with E-state index in [2.05, 4.69) is 13.2 Å². The van der Waals surface area contributed by atoms with Gasteiger partial charge in [-0.15, -0.1) is 0 Å². The highest BCUT2D eigenvalue weighted by Gasteiger charge is 2.11. The quantitative estimate of drug-likeness (QED) is 0.670. The van der Waals surface area contributed by atoms with Gasteiger partial charge in [0, 0.05) is 11.5 Å². The van der Waals surface area contributed by atoms with Gasteiger partial charge in [-0.2, -0.15) is 23.5 Å². The lowest BCUT2D eigenvalue weighted by molar-refractivity contribution is 0.249. The Morgan fingerprint density at radius 2 is 1.50 bits per heavy atom. The van der Waals surface area contributed by atoms with Crippen LogP contribution in [0.2, 0.25) is 0 Å². The average molecular weight is 204 g/mol. The van der Waals surface area contributed by atoms with Crippen molar-refractivity contribution in [2.24, 2.45) is 0 Å². The van der Waals surface area contributed by atoms with Crippen molar-refractivity contribution in [2.45, 2.75) is 6.10 Å². The van der Waals surface area contributed by atoms with E-state index in [4.69, 9.17) is 0 Å². The summed E-state index contributed by atoms with van der Waals surface area (Å²) in [6, 6.07) is 0. The highest BCUT2D eigenvalue weighted by molar-refractivity contribution is 7.99. The van der Waals surface area contributed by atoms with Gasteiger partial charge in [0.2, 0.25) is 0 Å². The molecule has 0 aromatic heterocycles. The van der Waals surface area contributed by atoms with Crippen molar-refractivity contribution in [3.8, 4) is 0 Å². The van der Waals surface area contributed by atoms with Crippen molar-refractivity contribution in [1.29, 1.82) is 0 Å². The number of rotatable bonds is 6. The third kappa shape index (κ3) is 4.24. The molecular weight excluding hydrogens is 188 g/mol. The second kappa shape index (κ2) is 6.63. The molecule has 0 heterocycles. The van der Waals surface area contributed by atoms with Crippen molar-refractivity contribution in [2.75, 3.05) is 24.0 Å². The number of hydrogen-bond acceptors (Lipinski definition) is 3. The van der Waals surface area contributed by atoms with Gasteiger partial charge in [-0.3, -0.25) is 0 Å². The van der Waals surface area contributed by atoms with Crippen LogP contribution in [0.25, 0.3) is 0 Å². The van der Waals surface area contributed by atoms with Gasteiger partial charge in [0.15, 0.2) is 0 Å². The zero-order valence-corrected chi connectivity index (χ0v) is 9.30. The fourth-order valence-corrected chi connectivity index (χ4v) is 1.87. The molecule has 1 N–H and O–H groups in total. The van der Waals surface area contributed by atoms with Gasteiger partial charge in [0.05, 0.1) is 6.10 Å². The lowest BCUT2D eigenvalue weighted by atomic mass is 10.1. The molecule has 12 heavy (non-hydrogen) atoms. The van der Waals surface area contributed by atoms with Crippen LogP contribution in [0.5, 0.6) is 0 Å². The van der Waals surface area contributed by atoms with Crippen LogP contribution >= 0.6 is 23.5 Å². The standard InChI is InChI=1S/C9H16OS2/c1-7(5-11-3)9(10)8(2)6-12-4/h9-10H,1-2,5-6H2,3-4H3. The van der Waals surface area contributed by atoms with Crippen LogP contribution in [-0.4, -0.2) is 35.2 Å². The maximum Gasteiger partial charge on any atom is 0.0971 e. The van der Waals surface area contributed by atoms with Crippen molar-refractivity contribution in [3.05, 3.63) is 24.3 Å². The van der Waals surface area contributed by atoms with E-state index in [1.807, 2.05) is 12.5 Å². The molecule has 0 bridgehead atoms. The summed E-state index contributed by atoms with van der Waals surface area (Å²) in [5.74, 6) is 1.60. The molecule has 0 aliphatic heterocycles. The van der Waals surface area contributed by atoms with Gasteiger partial charge in [-0.05, 0) is 23.7 Å². The molecule has 0 unspecified atom stereocenters. The Morgan fingerprint density at radius 3 is 1.75 bits per heavy atom.